The second kappa shape index (κ2) is 12.9. The Morgan fingerprint density at radius 2 is 1.97 bits per heavy atom. The Morgan fingerprint density at radius 3 is 2.68 bits per heavy atom. The Kier molecular flexibility index (Phi) is 9.14. The van der Waals surface area contributed by atoms with Gasteiger partial charge in [-0.15, -0.1) is 0 Å². The van der Waals surface area contributed by atoms with Gasteiger partial charge in [-0.1, -0.05) is 23.4 Å². The molecule has 0 spiro atoms. The molecule has 1 aromatic carbocycles. The van der Waals surface area contributed by atoms with Crippen LogP contribution in [-0.2, 0) is 30.5 Å². The maximum Gasteiger partial charge on any atom is 0.313 e. The van der Waals surface area contributed by atoms with E-state index in [-0.39, 0.29) is 36.9 Å². The van der Waals surface area contributed by atoms with Gasteiger partial charge in [0.1, 0.15) is 37.9 Å². The number of hydrogen-bond donors (Lipinski definition) is 2. The van der Waals surface area contributed by atoms with Gasteiger partial charge in [-0.05, 0) is 0 Å². The first-order chi connectivity index (χ1) is 18.4. The molecule has 0 saturated carbocycles. The molecule has 2 aromatic rings. The van der Waals surface area contributed by atoms with E-state index < -0.39 is 11.8 Å². The number of nitrogens with zero attached hydrogens (tertiary/aromatic N) is 5. The third-order valence-corrected chi connectivity index (χ3v) is 6.10. The Balaban J connectivity index is 1.27. The lowest BCUT2D eigenvalue weighted by Crippen LogP contribution is -2.43. The van der Waals surface area contributed by atoms with Crippen LogP contribution in [-0.4, -0.2) is 84.3 Å². The van der Waals surface area contributed by atoms with Crippen LogP contribution in [0.15, 0.2) is 35.7 Å². The molecule has 0 bridgehead atoms. The number of piperidine rings is 1. The first-order valence-electron chi connectivity index (χ1n) is 12.3. The SMILES string of the molecule is N=C(N)CC(=O)OCc1cccc(-c2cnc(N3CCC(=NOCCN4CCOCC4=O)CC3)nc2)c1F. The van der Waals surface area contributed by atoms with E-state index in [4.69, 9.17) is 25.5 Å². The molecule has 4 rings (SSSR count). The number of rotatable bonds is 10. The number of esters is 1. The van der Waals surface area contributed by atoms with E-state index in [0.29, 0.717) is 69.3 Å². The number of halogens is 1. The second-order valence-electron chi connectivity index (χ2n) is 8.82. The number of nitrogens with two attached hydrogens (primary N) is 1. The highest BCUT2D eigenvalue weighted by atomic mass is 19.1. The summed E-state index contributed by atoms with van der Waals surface area (Å²) in [5.74, 6) is -1.04. The number of anilines is 1. The summed E-state index contributed by atoms with van der Waals surface area (Å²) in [6.07, 6.45) is 4.17. The van der Waals surface area contributed by atoms with Crippen molar-refractivity contribution in [2.45, 2.75) is 25.9 Å². The van der Waals surface area contributed by atoms with Crippen molar-refractivity contribution in [2.75, 3.05) is 50.9 Å². The maximum absolute atomic E-state index is 15.0. The smallest absolute Gasteiger partial charge is 0.313 e. The van der Waals surface area contributed by atoms with Crippen molar-refractivity contribution >= 4 is 29.4 Å². The normalized spacial score (nSPS) is 15.8. The molecule has 13 heteroatoms. The number of aromatic nitrogens is 2. The fourth-order valence-electron chi connectivity index (χ4n) is 4.03. The van der Waals surface area contributed by atoms with Crippen molar-refractivity contribution in [1.29, 1.82) is 5.41 Å². The van der Waals surface area contributed by atoms with Crippen LogP contribution in [0.5, 0.6) is 0 Å². The van der Waals surface area contributed by atoms with Crippen molar-refractivity contribution in [2.24, 2.45) is 10.9 Å². The van der Waals surface area contributed by atoms with Crippen LogP contribution >= 0.6 is 0 Å². The van der Waals surface area contributed by atoms with Crippen LogP contribution in [0.3, 0.4) is 0 Å². The number of carbonyl (C=O) groups excluding carboxylic acids is 2. The van der Waals surface area contributed by atoms with Gasteiger partial charge in [0.05, 0.1) is 18.9 Å². The number of morpholine rings is 1. The summed E-state index contributed by atoms with van der Waals surface area (Å²) in [7, 11) is 0. The standard InChI is InChI=1S/C25H30FN7O5/c26-24-17(15-37-23(35)12-21(27)28)2-1-3-20(24)18-13-29-25(30-14-18)33-6-4-19(5-7-33)31-38-11-9-32-8-10-36-16-22(32)34/h1-3,13-14H,4-12,15-16H2,(H3,27,28). The van der Waals surface area contributed by atoms with E-state index in [9.17, 15) is 9.59 Å². The lowest BCUT2D eigenvalue weighted by Gasteiger charge is -2.28. The number of carbonyl (C=O) groups is 2. The van der Waals surface area contributed by atoms with E-state index in [1.807, 2.05) is 4.90 Å². The highest BCUT2D eigenvalue weighted by Gasteiger charge is 2.20. The average molecular weight is 528 g/mol. The van der Waals surface area contributed by atoms with Crippen molar-refractivity contribution in [1.82, 2.24) is 14.9 Å². The fourth-order valence-corrected chi connectivity index (χ4v) is 4.03. The van der Waals surface area contributed by atoms with Gasteiger partial charge in [-0.25, -0.2) is 14.4 Å². The van der Waals surface area contributed by atoms with Gasteiger partial charge in [0, 0.05) is 61.6 Å². The molecular weight excluding hydrogens is 497 g/mol. The zero-order valence-corrected chi connectivity index (χ0v) is 20.9. The molecule has 12 nitrogen and oxygen atoms in total. The molecule has 0 aliphatic carbocycles. The first-order valence-corrected chi connectivity index (χ1v) is 12.3. The number of hydrogen-bond acceptors (Lipinski definition) is 10. The molecule has 0 radical (unpaired) electrons. The van der Waals surface area contributed by atoms with Crippen LogP contribution in [0.2, 0.25) is 0 Å². The van der Waals surface area contributed by atoms with Crippen LogP contribution in [0, 0.1) is 11.2 Å². The number of amidine groups is 1. The first kappa shape index (κ1) is 26.9. The minimum Gasteiger partial charge on any atom is -0.460 e. The predicted octanol–water partition coefficient (Wildman–Crippen LogP) is 1.48. The van der Waals surface area contributed by atoms with Crippen LogP contribution in [0.1, 0.15) is 24.8 Å². The Hall–Kier alpha value is -4.13. The lowest BCUT2D eigenvalue weighted by molar-refractivity contribution is -0.144. The third-order valence-electron chi connectivity index (χ3n) is 6.10. The molecule has 2 aliphatic rings. The molecule has 1 aromatic heterocycles. The summed E-state index contributed by atoms with van der Waals surface area (Å²) < 4.78 is 25.2. The quantitative estimate of drug-likeness (QED) is 0.154. The van der Waals surface area contributed by atoms with Gasteiger partial charge < -0.3 is 29.8 Å². The Labute approximate surface area is 219 Å². The molecule has 3 N–H and O–H groups in total. The van der Waals surface area contributed by atoms with E-state index in [0.717, 1.165) is 5.71 Å². The molecule has 2 fully saturated rings. The van der Waals surface area contributed by atoms with Crippen LogP contribution < -0.4 is 10.6 Å². The number of benzene rings is 1. The highest BCUT2D eigenvalue weighted by Crippen LogP contribution is 2.26. The molecule has 1 amide bonds. The van der Waals surface area contributed by atoms with Crippen LogP contribution in [0.4, 0.5) is 10.3 Å². The van der Waals surface area contributed by atoms with Gasteiger partial charge in [0.15, 0.2) is 0 Å². The molecule has 38 heavy (non-hydrogen) atoms. The second-order valence-corrected chi connectivity index (χ2v) is 8.82. The molecule has 0 atom stereocenters. The van der Waals surface area contributed by atoms with E-state index in [1.54, 1.807) is 29.4 Å². The van der Waals surface area contributed by atoms with E-state index in [1.165, 1.54) is 6.07 Å². The average Bonchev–Trinajstić information content (AvgIpc) is 2.91. The van der Waals surface area contributed by atoms with E-state index >= 15 is 4.39 Å². The minimum absolute atomic E-state index is 0.0334. The molecule has 2 aliphatic heterocycles. The maximum atomic E-state index is 15.0. The Bertz CT molecular complexity index is 1180. The van der Waals surface area contributed by atoms with Gasteiger partial charge in [0.2, 0.25) is 11.9 Å². The molecular formula is C25H30FN7O5. The monoisotopic (exact) mass is 527 g/mol. The van der Waals surface area contributed by atoms with Crippen molar-refractivity contribution in [3.63, 3.8) is 0 Å². The topological polar surface area (TPSA) is 156 Å². The van der Waals surface area contributed by atoms with E-state index in [2.05, 4.69) is 15.1 Å². The molecule has 202 valence electrons. The lowest BCUT2D eigenvalue weighted by atomic mass is 10.0. The minimum atomic E-state index is -0.694. The molecule has 3 heterocycles. The highest BCUT2D eigenvalue weighted by molar-refractivity contribution is 5.94. The van der Waals surface area contributed by atoms with Crippen molar-refractivity contribution in [3.8, 4) is 11.1 Å². The summed E-state index contributed by atoms with van der Waals surface area (Å²) in [6, 6.07) is 4.79. The largest absolute Gasteiger partial charge is 0.460 e. The summed E-state index contributed by atoms with van der Waals surface area (Å²) >= 11 is 0. The fraction of sp³-hybridized carbons (Fsp3) is 0.440. The summed E-state index contributed by atoms with van der Waals surface area (Å²) in [4.78, 5) is 41.3. The molecule has 0 unspecified atom stereocenters. The number of nitrogens with one attached hydrogen (secondary N) is 1. The Morgan fingerprint density at radius 1 is 1.21 bits per heavy atom. The van der Waals surface area contributed by atoms with Gasteiger partial charge in [-0.2, -0.15) is 0 Å². The zero-order chi connectivity index (χ0) is 26.9. The van der Waals surface area contributed by atoms with Gasteiger partial charge in [0.25, 0.3) is 0 Å². The van der Waals surface area contributed by atoms with Gasteiger partial charge >= 0.3 is 5.97 Å². The zero-order valence-electron chi connectivity index (χ0n) is 20.9. The van der Waals surface area contributed by atoms with Crippen molar-refractivity contribution in [3.05, 3.63) is 42.0 Å². The summed E-state index contributed by atoms with van der Waals surface area (Å²) in [5, 5.41) is 11.4. The molecule has 2 saturated heterocycles. The predicted molar refractivity (Wildman–Crippen MR) is 136 cm³/mol. The number of oxime groups is 1. The van der Waals surface area contributed by atoms with Gasteiger partial charge in [-0.3, -0.25) is 15.0 Å². The van der Waals surface area contributed by atoms with Crippen molar-refractivity contribution < 1.29 is 28.3 Å². The number of ether oxygens (including phenoxy) is 2. The number of amides is 1. The third kappa shape index (κ3) is 7.22. The summed E-state index contributed by atoms with van der Waals surface area (Å²) in [6.45, 7) is 3.12. The summed E-state index contributed by atoms with van der Waals surface area (Å²) in [5.41, 5.74) is 7.11. The van der Waals surface area contributed by atoms with Crippen LogP contribution in [0.25, 0.3) is 11.1 Å².